The topological polar surface area (TPSA) is 142 Å². The molecule has 2 atom stereocenters. The third-order valence-electron chi connectivity index (χ3n) is 4.22. The van der Waals surface area contributed by atoms with Crippen molar-refractivity contribution in [2.45, 2.75) is 50.1 Å². The molecule has 0 aliphatic rings. The van der Waals surface area contributed by atoms with Gasteiger partial charge in [-0.25, -0.2) is 16.8 Å². The zero-order valence-electron chi connectivity index (χ0n) is 18.7. The summed E-state index contributed by atoms with van der Waals surface area (Å²) in [4.78, 5) is 1.84. The first-order valence-electron chi connectivity index (χ1n) is 10.0. The molecule has 2 aromatic rings. The second-order valence-corrected chi connectivity index (χ2v) is 10.6. The van der Waals surface area contributed by atoms with Crippen LogP contribution >= 0.6 is 0 Å². The van der Waals surface area contributed by atoms with E-state index < -0.39 is 36.6 Å². The molecule has 0 aliphatic carbocycles. The highest BCUT2D eigenvalue weighted by atomic mass is 32.3. The van der Waals surface area contributed by atoms with Gasteiger partial charge in [0.1, 0.15) is 11.5 Å². The fourth-order valence-electron chi connectivity index (χ4n) is 2.77. The lowest BCUT2D eigenvalue weighted by Crippen LogP contribution is -2.26. The lowest BCUT2D eigenvalue weighted by molar-refractivity contribution is -0.0617. The summed E-state index contributed by atoms with van der Waals surface area (Å²) in [7, 11) is -9.35. The van der Waals surface area contributed by atoms with Gasteiger partial charge in [0.2, 0.25) is 0 Å². The molecular formula is C21H26N2O8S2. The van der Waals surface area contributed by atoms with Crippen LogP contribution in [0.25, 0.3) is 5.53 Å². The molecule has 0 aliphatic heterocycles. The molecular weight excluding hydrogens is 472 g/mol. The first-order chi connectivity index (χ1) is 15.6. The van der Waals surface area contributed by atoms with Crippen molar-refractivity contribution in [2.75, 3.05) is 13.2 Å². The van der Waals surface area contributed by atoms with Crippen molar-refractivity contribution in [1.82, 2.24) is 0 Å². The molecule has 0 N–H and O–H groups in total. The Morgan fingerprint density at radius 2 is 1.09 bits per heavy atom. The first kappa shape index (κ1) is 26.5. The van der Waals surface area contributed by atoms with Crippen LogP contribution in [0.1, 0.15) is 27.7 Å². The predicted molar refractivity (Wildman–Crippen MR) is 119 cm³/mol. The monoisotopic (exact) mass is 498 g/mol. The lowest BCUT2D eigenvalue weighted by Gasteiger charge is -2.14. The summed E-state index contributed by atoms with van der Waals surface area (Å²) in [6.45, 7) is 7.80. The van der Waals surface area contributed by atoms with Crippen molar-refractivity contribution in [1.29, 1.82) is 0 Å². The van der Waals surface area contributed by atoms with E-state index >= 15 is 0 Å². The van der Waals surface area contributed by atoms with Crippen molar-refractivity contribution in [3.8, 4) is 11.5 Å². The third kappa shape index (κ3) is 6.62. The molecule has 0 saturated heterocycles. The molecule has 180 valence electrons. The van der Waals surface area contributed by atoms with Gasteiger partial charge in [0.15, 0.2) is 12.6 Å². The molecule has 0 bridgehead atoms. The van der Waals surface area contributed by atoms with Gasteiger partial charge in [-0.05, 0) is 76.2 Å². The van der Waals surface area contributed by atoms with Crippen LogP contribution in [0.5, 0.6) is 11.5 Å². The van der Waals surface area contributed by atoms with Gasteiger partial charge in [0.05, 0.1) is 9.79 Å². The molecule has 2 unspecified atom stereocenters. The summed E-state index contributed by atoms with van der Waals surface area (Å²) >= 11 is 0. The van der Waals surface area contributed by atoms with E-state index in [9.17, 15) is 22.4 Å². The maximum absolute atomic E-state index is 12.9. The van der Waals surface area contributed by atoms with Gasteiger partial charge < -0.3 is 24.5 Å². The van der Waals surface area contributed by atoms with E-state index in [2.05, 4.69) is 4.79 Å². The Balaban J connectivity index is 2.29. The maximum atomic E-state index is 12.9. The Hall–Kier alpha value is -2.76. The Kier molecular flexibility index (Phi) is 9.15. The Labute approximate surface area is 193 Å². The molecule has 0 radical (unpaired) electrons. The van der Waals surface area contributed by atoms with Gasteiger partial charge >= 0.3 is 4.38 Å². The Bertz CT molecular complexity index is 1100. The number of nitrogens with zero attached hydrogens (tertiary/aromatic N) is 2. The lowest BCUT2D eigenvalue weighted by atomic mass is 10.3. The number of sulfone groups is 2. The minimum Gasteiger partial charge on any atom is -0.465 e. The molecule has 0 aromatic heterocycles. The number of benzene rings is 2. The summed E-state index contributed by atoms with van der Waals surface area (Å²) < 4.78 is 71.7. The fourth-order valence-corrected chi connectivity index (χ4v) is 6.11. The van der Waals surface area contributed by atoms with Crippen LogP contribution in [0.3, 0.4) is 0 Å². The molecule has 10 nitrogen and oxygen atoms in total. The van der Waals surface area contributed by atoms with Crippen molar-refractivity contribution < 1.29 is 40.6 Å². The van der Waals surface area contributed by atoms with Crippen LogP contribution in [0, 0.1) is 0 Å². The SMILES string of the molecule is CCOC(C)Oc1ccc(S(=O)(=O)C(=[N+]=[N-])S(=O)(=O)c2ccc(OC(C)OCC)cc2)cc1. The number of ether oxygens (including phenoxy) is 4. The smallest absolute Gasteiger partial charge is 0.465 e. The van der Waals surface area contributed by atoms with Crippen molar-refractivity contribution in [3.05, 3.63) is 54.1 Å². The second kappa shape index (κ2) is 11.4. The van der Waals surface area contributed by atoms with Gasteiger partial charge in [-0.15, -0.1) is 4.79 Å². The van der Waals surface area contributed by atoms with E-state index in [0.717, 1.165) is 24.3 Å². The molecule has 0 amide bonds. The normalized spacial score (nSPS) is 13.6. The van der Waals surface area contributed by atoms with Crippen molar-refractivity contribution in [2.24, 2.45) is 0 Å². The minimum atomic E-state index is -4.67. The largest absolute Gasteiger partial charge is 0.504 e. The van der Waals surface area contributed by atoms with E-state index in [-0.39, 0.29) is 9.79 Å². The van der Waals surface area contributed by atoms with E-state index in [1.165, 1.54) is 24.3 Å². The molecule has 12 heteroatoms. The van der Waals surface area contributed by atoms with Crippen molar-refractivity contribution in [3.63, 3.8) is 0 Å². The van der Waals surface area contributed by atoms with E-state index in [1.807, 2.05) is 0 Å². The highest BCUT2D eigenvalue weighted by Gasteiger charge is 2.44. The maximum Gasteiger partial charge on any atom is 0.504 e. The minimum absolute atomic E-state index is 0.317. The van der Waals surface area contributed by atoms with Gasteiger partial charge in [-0.2, -0.15) is 0 Å². The van der Waals surface area contributed by atoms with Crippen LogP contribution in [0.15, 0.2) is 58.3 Å². The molecule has 0 heterocycles. The van der Waals surface area contributed by atoms with Crippen LogP contribution in [0.2, 0.25) is 0 Å². The fraction of sp³-hybridized carbons (Fsp3) is 0.381. The number of hydrogen-bond acceptors (Lipinski definition) is 8. The standard InChI is InChI=1S/C21H26N2O8S2/c1-5-28-15(3)30-17-7-11-19(12-8-17)32(24,25)21(23-22)33(26,27)20-13-9-18(10-14-20)31-16(4)29-6-2/h7-16H,5-6H2,1-4H3. The summed E-state index contributed by atoms with van der Waals surface area (Å²) in [5, 5.41) is 0. The van der Waals surface area contributed by atoms with E-state index in [4.69, 9.17) is 18.9 Å². The summed E-state index contributed by atoms with van der Waals surface area (Å²) in [5.41, 5.74) is 9.33. The average Bonchev–Trinajstić information content (AvgIpc) is 2.75. The van der Waals surface area contributed by atoms with E-state index in [1.54, 1.807) is 27.7 Å². The Morgan fingerprint density at radius 3 is 1.36 bits per heavy atom. The molecule has 33 heavy (non-hydrogen) atoms. The summed E-state index contributed by atoms with van der Waals surface area (Å²) in [6.07, 6.45) is -1.12. The summed E-state index contributed by atoms with van der Waals surface area (Å²) in [6, 6.07) is 9.97. The van der Waals surface area contributed by atoms with Crippen LogP contribution in [0.4, 0.5) is 0 Å². The van der Waals surface area contributed by atoms with Gasteiger partial charge in [0.25, 0.3) is 19.7 Å². The molecule has 2 aromatic carbocycles. The molecule has 0 saturated carbocycles. The number of hydrogen-bond donors (Lipinski definition) is 0. The van der Waals surface area contributed by atoms with Gasteiger partial charge in [-0.1, -0.05) is 0 Å². The number of rotatable bonds is 10. The third-order valence-corrected chi connectivity index (χ3v) is 8.40. The average molecular weight is 499 g/mol. The first-order valence-corrected chi connectivity index (χ1v) is 13.0. The van der Waals surface area contributed by atoms with Crippen LogP contribution < -0.4 is 9.47 Å². The highest BCUT2D eigenvalue weighted by molar-refractivity contribution is 8.31. The quantitative estimate of drug-likeness (QED) is 0.160. The summed E-state index contributed by atoms with van der Waals surface area (Å²) in [5.74, 6) is 0.634. The zero-order chi connectivity index (χ0) is 24.6. The predicted octanol–water partition coefficient (Wildman–Crippen LogP) is 3.04. The van der Waals surface area contributed by atoms with Crippen molar-refractivity contribution >= 4 is 24.1 Å². The van der Waals surface area contributed by atoms with E-state index in [0.29, 0.717) is 24.7 Å². The molecule has 0 fully saturated rings. The van der Waals surface area contributed by atoms with Gasteiger partial charge in [-0.3, -0.25) is 0 Å². The Morgan fingerprint density at radius 1 is 0.758 bits per heavy atom. The van der Waals surface area contributed by atoms with Gasteiger partial charge in [0, 0.05) is 13.2 Å². The second-order valence-electron chi connectivity index (χ2n) is 6.60. The molecule has 0 spiro atoms. The van der Waals surface area contributed by atoms with Crippen LogP contribution in [-0.2, 0) is 29.1 Å². The van der Waals surface area contributed by atoms with Crippen LogP contribution in [-0.4, -0.2) is 51.8 Å². The molecule has 2 rings (SSSR count). The zero-order valence-corrected chi connectivity index (χ0v) is 20.3. The highest BCUT2D eigenvalue weighted by Crippen LogP contribution is 2.24.